The fraction of sp³-hybridized carbons (Fsp3) is 0.556. The number of benzene rings is 2. The van der Waals surface area contributed by atoms with Crippen molar-refractivity contribution in [2.45, 2.75) is 97.8 Å². The molecule has 3 heterocycles. The van der Waals surface area contributed by atoms with Gasteiger partial charge in [0.2, 0.25) is 11.8 Å². The number of nitrogens with two attached hydrogens (primary N) is 1. The number of hydrogen-bond donors (Lipinski definition) is 4. The number of nitrogens with zero attached hydrogens (tertiary/aromatic N) is 4. The molecule has 2 aromatic heterocycles. The molecule has 2 aromatic carbocycles. The summed E-state index contributed by atoms with van der Waals surface area (Å²) < 4.78 is 45.9. The fourth-order valence-corrected chi connectivity index (χ4v) is 7.47. The summed E-state index contributed by atoms with van der Waals surface area (Å²) in [6, 6.07) is 10.2. The van der Waals surface area contributed by atoms with E-state index in [1.54, 1.807) is 19.9 Å². The third-order valence-electron chi connectivity index (χ3n) is 8.79. The molecule has 0 radical (unpaired) electrons. The van der Waals surface area contributed by atoms with Gasteiger partial charge in [0.1, 0.15) is 29.6 Å². The van der Waals surface area contributed by atoms with E-state index in [0.29, 0.717) is 5.39 Å². The van der Waals surface area contributed by atoms with Crippen molar-refractivity contribution in [2.75, 3.05) is 26.1 Å². The lowest BCUT2D eigenvalue weighted by molar-refractivity contribution is -0.149. The molecular formula is C36H51N6O9P. The Morgan fingerprint density at radius 1 is 1.15 bits per heavy atom. The lowest BCUT2D eigenvalue weighted by Gasteiger charge is -2.29. The van der Waals surface area contributed by atoms with Crippen LogP contribution in [0.5, 0.6) is 11.6 Å². The number of nitrogens with one attached hydrogen (secondary N) is 1. The third kappa shape index (κ3) is 8.35. The number of hydrogen-bond acceptors (Lipinski definition) is 13. The first-order valence-corrected chi connectivity index (χ1v) is 18.7. The lowest BCUT2D eigenvalue weighted by Crippen LogP contribution is -2.45. The second kappa shape index (κ2) is 14.5. The molecule has 1 fully saturated rings. The van der Waals surface area contributed by atoms with Gasteiger partial charge in [0.05, 0.1) is 26.7 Å². The van der Waals surface area contributed by atoms with Crippen molar-refractivity contribution in [1.29, 1.82) is 0 Å². The summed E-state index contributed by atoms with van der Waals surface area (Å²) in [4.78, 5) is 26.0. The Balaban J connectivity index is 1.50. The predicted molar refractivity (Wildman–Crippen MR) is 196 cm³/mol. The standard InChI is InChI=1S/C36H51N6O9P/c1-20(2)26(31(44)48-18-34(3,4)5)41-52(46,51-24-16-22(35(6,7)8)15-21-13-11-12-14-23(21)24)49-17-25-28(43)36(9,45)32(50-25)42-19-38-27-29(42)39-33(37)40-30(27)47-10/h11-16,19-20,25-26,28,32,43,45H,17-18H2,1-10H3,(H,41,46)(H2,37,39,40)/t25-,26+,28-,32?,36-,52?/m1/s1. The molecule has 5 rings (SSSR count). The van der Waals surface area contributed by atoms with E-state index in [-0.39, 0.29) is 46.2 Å². The van der Waals surface area contributed by atoms with Crippen molar-refractivity contribution < 1.29 is 42.8 Å². The van der Waals surface area contributed by atoms with Crippen LogP contribution in [0.25, 0.3) is 21.9 Å². The van der Waals surface area contributed by atoms with Gasteiger partial charge in [0.15, 0.2) is 17.4 Å². The van der Waals surface area contributed by atoms with E-state index in [1.165, 1.54) is 24.9 Å². The lowest BCUT2D eigenvalue weighted by atomic mass is 9.85. The number of rotatable bonds is 12. The zero-order valence-electron chi connectivity index (χ0n) is 31.4. The average molecular weight is 743 g/mol. The normalized spacial score (nSPS) is 22.8. The molecule has 0 aliphatic carbocycles. The van der Waals surface area contributed by atoms with Crippen LogP contribution in [0.2, 0.25) is 0 Å². The number of aliphatic hydroxyl groups is 2. The van der Waals surface area contributed by atoms with Crippen molar-refractivity contribution in [3.8, 4) is 11.6 Å². The number of fused-ring (bicyclic) bond motifs is 2. The summed E-state index contributed by atoms with van der Waals surface area (Å²) in [6.45, 7) is 16.5. The predicted octanol–water partition coefficient (Wildman–Crippen LogP) is 5.28. The molecule has 15 nitrogen and oxygen atoms in total. The van der Waals surface area contributed by atoms with Gasteiger partial charge in [-0.1, -0.05) is 85.7 Å². The van der Waals surface area contributed by atoms with Gasteiger partial charge < -0.3 is 34.7 Å². The Morgan fingerprint density at radius 2 is 1.85 bits per heavy atom. The molecule has 4 aromatic rings. The minimum absolute atomic E-state index is 0.0999. The first kappa shape index (κ1) is 39.4. The van der Waals surface area contributed by atoms with Gasteiger partial charge in [-0.25, -0.2) is 9.55 Å². The van der Waals surface area contributed by atoms with Gasteiger partial charge in [-0.3, -0.25) is 13.9 Å². The molecule has 1 saturated heterocycles. The number of carbonyl (C=O) groups is 1. The summed E-state index contributed by atoms with van der Waals surface area (Å²) >= 11 is 0. The molecule has 6 atom stereocenters. The molecule has 1 aliphatic heterocycles. The van der Waals surface area contributed by atoms with Crippen LogP contribution in [0.1, 0.15) is 74.1 Å². The number of carbonyl (C=O) groups excluding carboxylic acids is 1. The molecule has 0 spiro atoms. The second-order valence-electron chi connectivity index (χ2n) is 16.0. The molecule has 2 unspecified atom stereocenters. The quantitative estimate of drug-likeness (QED) is 0.108. The largest absolute Gasteiger partial charge is 0.479 e. The van der Waals surface area contributed by atoms with Gasteiger partial charge >= 0.3 is 13.7 Å². The van der Waals surface area contributed by atoms with Gasteiger partial charge in [-0.2, -0.15) is 15.1 Å². The minimum Gasteiger partial charge on any atom is -0.479 e. The highest BCUT2D eigenvalue weighted by molar-refractivity contribution is 7.52. The Morgan fingerprint density at radius 3 is 2.48 bits per heavy atom. The summed E-state index contributed by atoms with van der Waals surface area (Å²) in [7, 11) is -3.09. The van der Waals surface area contributed by atoms with Crippen molar-refractivity contribution in [2.24, 2.45) is 11.3 Å². The van der Waals surface area contributed by atoms with E-state index in [0.717, 1.165) is 10.9 Å². The molecule has 0 amide bonds. The van der Waals surface area contributed by atoms with Crippen molar-refractivity contribution in [3.63, 3.8) is 0 Å². The van der Waals surface area contributed by atoms with Crippen molar-refractivity contribution >= 4 is 41.6 Å². The number of aromatic nitrogens is 4. The Kier molecular flexibility index (Phi) is 11.0. The first-order chi connectivity index (χ1) is 24.1. The Hall–Kier alpha value is -3.85. The molecule has 52 heavy (non-hydrogen) atoms. The van der Waals surface area contributed by atoms with Crippen LogP contribution in [0.3, 0.4) is 0 Å². The second-order valence-corrected chi connectivity index (χ2v) is 17.7. The van der Waals surface area contributed by atoms with Gasteiger partial charge in [-0.05, 0) is 40.7 Å². The van der Waals surface area contributed by atoms with Crippen LogP contribution in [-0.4, -0.2) is 79.9 Å². The maximum absolute atomic E-state index is 15.0. The maximum atomic E-state index is 15.0. The molecule has 16 heteroatoms. The molecule has 1 aliphatic rings. The number of nitrogen functional groups attached to an aromatic ring is 1. The zero-order valence-corrected chi connectivity index (χ0v) is 32.3. The van der Waals surface area contributed by atoms with Gasteiger partial charge in [0.25, 0.3) is 0 Å². The minimum atomic E-state index is -4.50. The monoisotopic (exact) mass is 742 g/mol. The van der Waals surface area contributed by atoms with E-state index in [1.807, 2.05) is 51.1 Å². The van der Waals surface area contributed by atoms with Crippen LogP contribution in [-0.2, 0) is 28.8 Å². The third-order valence-corrected chi connectivity index (χ3v) is 10.3. The molecule has 0 bridgehead atoms. The summed E-state index contributed by atoms with van der Waals surface area (Å²) in [5.41, 5.74) is 4.74. The van der Waals surface area contributed by atoms with E-state index < -0.39 is 56.3 Å². The van der Waals surface area contributed by atoms with Crippen LogP contribution >= 0.6 is 7.75 Å². The van der Waals surface area contributed by atoms with E-state index >= 15 is 4.57 Å². The summed E-state index contributed by atoms with van der Waals surface area (Å²) in [5, 5.41) is 27.3. The number of methoxy groups -OCH3 is 1. The average Bonchev–Trinajstić information content (AvgIpc) is 3.57. The highest BCUT2D eigenvalue weighted by Gasteiger charge is 2.54. The maximum Gasteiger partial charge on any atom is 0.459 e. The van der Waals surface area contributed by atoms with E-state index in [2.05, 4.69) is 40.8 Å². The number of aliphatic hydroxyl groups excluding tert-OH is 1. The summed E-state index contributed by atoms with van der Waals surface area (Å²) in [5.74, 6) is -0.748. The van der Waals surface area contributed by atoms with Crippen LogP contribution in [0, 0.1) is 11.3 Å². The van der Waals surface area contributed by atoms with Gasteiger partial charge in [0, 0.05) is 5.39 Å². The van der Waals surface area contributed by atoms with E-state index in [9.17, 15) is 15.0 Å². The smallest absolute Gasteiger partial charge is 0.459 e. The molecule has 5 N–H and O–H groups in total. The van der Waals surface area contributed by atoms with Crippen LogP contribution in [0.15, 0.2) is 42.7 Å². The summed E-state index contributed by atoms with van der Waals surface area (Å²) in [6.07, 6.45) is -2.67. The number of ether oxygens (including phenoxy) is 3. The van der Waals surface area contributed by atoms with E-state index in [4.69, 9.17) is 29.0 Å². The van der Waals surface area contributed by atoms with Gasteiger partial charge in [-0.15, -0.1) is 0 Å². The topological polar surface area (TPSA) is 202 Å². The highest BCUT2D eigenvalue weighted by Crippen LogP contribution is 2.50. The SMILES string of the molecule is COc1nc(N)nc2c1ncn2C1O[C@H](COP(=O)(N[C@H](C(=O)OCC(C)(C)C)C(C)C)Oc2cc(C(C)(C)C)cc3ccccc23)[C@@H](O)[C@@]1(C)O. The van der Waals surface area contributed by atoms with Crippen LogP contribution in [0.4, 0.5) is 5.95 Å². The highest BCUT2D eigenvalue weighted by atomic mass is 31.2. The number of imidazole rings is 1. The Bertz CT molecular complexity index is 1970. The van der Waals surface area contributed by atoms with Crippen LogP contribution < -0.4 is 20.1 Å². The fourth-order valence-electron chi connectivity index (χ4n) is 5.80. The molecule has 284 valence electrons. The van der Waals surface area contributed by atoms with Crippen molar-refractivity contribution in [3.05, 3.63) is 48.3 Å². The molecular weight excluding hydrogens is 691 g/mol. The first-order valence-electron chi connectivity index (χ1n) is 17.2. The van der Waals surface area contributed by atoms with Crippen molar-refractivity contribution in [1.82, 2.24) is 24.6 Å². The Labute approximate surface area is 303 Å². The molecule has 0 saturated carbocycles. The number of esters is 1. The number of anilines is 1. The zero-order chi connectivity index (χ0) is 38.4.